The Morgan fingerprint density at radius 1 is 1.37 bits per heavy atom. The highest BCUT2D eigenvalue weighted by Gasteiger charge is 2.28. The Bertz CT molecular complexity index is 598. The molecule has 0 bridgehead atoms. The molecule has 0 aromatic heterocycles. The van der Waals surface area contributed by atoms with Crippen LogP contribution in [0.3, 0.4) is 0 Å². The van der Waals surface area contributed by atoms with Crippen molar-refractivity contribution in [2.75, 3.05) is 24.6 Å². The van der Waals surface area contributed by atoms with E-state index in [0.717, 1.165) is 11.5 Å². The molecule has 1 fully saturated rings. The normalized spacial score (nSPS) is 17.3. The summed E-state index contributed by atoms with van der Waals surface area (Å²) in [5.74, 6) is 1.59. The third-order valence-electron chi connectivity index (χ3n) is 2.80. The van der Waals surface area contributed by atoms with Gasteiger partial charge in [0.05, 0.1) is 5.02 Å². The van der Waals surface area contributed by atoms with Crippen molar-refractivity contribution < 1.29 is 8.42 Å². The molecule has 0 radical (unpaired) electrons. The van der Waals surface area contributed by atoms with Crippen molar-refractivity contribution in [2.24, 2.45) is 5.73 Å². The Morgan fingerprint density at radius 2 is 2.00 bits per heavy atom. The maximum atomic E-state index is 12.5. The molecular weight excluding hydrogens is 324 g/mol. The van der Waals surface area contributed by atoms with Crippen molar-refractivity contribution in [3.05, 3.63) is 28.8 Å². The van der Waals surface area contributed by atoms with Gasteiger partial charge < -0.3 is 5.73 Å². The smallest absolute Gasteiger partial charge is 0.244 e. The quantitative estimate of drug-likeness (QED) is 0.851. The molecule has 0 unspecified atom stereocenters. The molecular formula is C11H13ClN2O2S3. The fraction of sp³-hybridized carbons (Fsp3) is 0.364. The summed E-state index contributed by atoms with van der Waals surface area (Å²) in [5.41, 5.74) is 6.04. The largest absolute Gasteiger partial charge is 0.389 e. The molecule has 0 saturated carbocycles. The maximum absolute atomic E-state index is 12.5. The number of hydrogen-bond acceptors (Lipinski definition) is 4. The summed E-state index contributed by atoms with van der Waals surface area (Å²) in [4.78, 5) is 0.230. The summed E-state index contributed by atoms with van der Waals surface area (Å²) in [5, 5.41) is 0.193. The van der Waals surface area contributed by atoms with Crippen LogP contribution in [-0.2, 0) is 10.0 Å². The molecule has 1 aliphatic heterocycles. The van der Waals surface area contributed by atoms with Crippen LogP contribution in [0, 0.1) is 0 Å². The van der Waals surface area contributed by atoms with Crippen LogP contribution in [0.4, 0.5) is 0 Å². The number of rotatable bonds is 3. The summed E-state index contributed by atoms with van der Waals surface area (Å²) in [6, 6.07) is 4.58. The van der Waals surface area contributed by atoms with Gasteiger partial charge in [0, 0.05) is 30.2 Å². The first-order valence-electron chi connectivity index (χ1n) is 5.60. The number of thioether (sulfide) groups is 1. The Balaban J connectivity index is 2.44. The third-order valence-corrected chi connectivity index (χ3v) is 6.36. The van der Waals surface area contributed by atoms with Crippen LogP contribution in [0.15, 0.2) is 23.1 Å². The van der Waals surface area contributed by atoms with Gasteiger partial charge in [-0.05, 0) is 12.1 Å². The molecule has 1 saturated heterocycles. The first kappa shape index (κ1) is 15.1. The molecule has 0 spiro atoms. The van der Waals surface area contributed by atoms with Crippen molar-refractivity contribution in [3.63, 3.8) is 0 Å². The van der Waals surface area contributed by atoms with Crippen LogP contribution < -0.4 is 5.73 Å². The van der Waals surface area contributed by atoms with Gasteiger partial charge in [0.2, 0.25) is 10.0 Å². The van der Waals surface area contributed by atoms with E-state index in [1.165, 1.54) is 16.4 Å². The number of benzene rings is 1. The molecule has 0 aliphatic carbocycles. The molecule has 19 heavy (non-hydrogen) atoms. The minimum atomic E-state index is -3.58. The first-order valence-corrected chi connectivity index (χ1v) is 8.98. The summed E-state index contributed by atoms with van der Waals surface area (Å²) in [7, 11) is -3.58. The number of halogens is 1. The number of hydrogen-bond donors (Lipinski definition) is 1. The highest BCUT2D eigenvalue weighted by atomic mass is 35.5. The zero-order valence-corrected chi connectivity index (χ0v) is 13.2. The second-order valence-corrected chi connectivity index (χ2v) is 8.00. The van der Waals surface area contributed by atoms with Gasteiger partial charge in [-0.25, -0.2) is 8.42 Å². The second-order valence-electron chi connectivity index (χ2n) is 4.03. The van der Waals surface area contributed by atoms with Gasteiger partial charge in [0.1, 0.15) is 9.88 Å². The average Bonchev–Trinajstić information content (AvgIpc) is 2.39. The Kier molecular flexibility index (Phi) is 4.73. The molecule has 1 heterocycles. The molecule has 8 heteroatoms. The minimum Gasteiger partial charge on any atom is -0.389 e. The number of nitrogens with zero attached hydrogens (tertiary/aromatic N) is 1. The standard InChI is InChI=1S/C11H13ClN2O2S3/c12-9-2-1-8(11(13)17)7-10(9)19(15,16)14-3-5-18-6-4-14/h1-2,7H,3-6H2,(H2,13,17). The zero-order chi connectivity index (χ0) is 14.0. The Hall–Kier alpha value is -0.340. The van der Waals surface area contributed by atoms with Crippen molar-refractivity contribution in [2.45, 2.75) is 4.90 Å². The number of thiocarbonyl (C=S) groups is 1. The molecule has 1 aromatic carbocycles. The maximum Gasteiger partial charge on any atom is 0.244 e. The van der Waals surface area contributed by atoms with Crippen molar-refractivity contribution in [3.8, 4) is 0 Å². The lowest BCUT2D eigenvalue weighted by Crippen LogP contribution is -2.38. The number of nitrogens with two attached hydrogens (primary N) is 1. The molecule has 1 aromatic rings. The van der Waals surface area contributed by atoms with E-state index in [1.54, 1.807) is 17.8 Å². The molecule has 0 amide bonds. The summed E-state index contributed by atoms with van der Waals surface area (Å²) in [6.45, 7) is 1.00. The minimum absolute atomic E-state index is 0.0753. The van der Waals surface area contributed by atoms with Crippen LogP contribution in [0.1, 0.15) is 5.56 Å². The lowest BCUT2D eigenvalue weighted by molar-refractivity contribution is 0.443. The Morgan fingerprint density at radius 3 is 2.58 bits per heavy atom. The predicted molar refractivity (Wildman–Crippen MR) is 83.4 cm³/mol. The van der Waals surface area contributed by atoms with Gasteiger partial charge in [-0.15, -0.1) is 0 Å². The summed E-state index contributed by atoms with van der Waals surface area (Å²) < 4.78 is 26.5. The van der Waals surface area contributed by atoms with E-state index < -0.39 is 10.0 Å². The highest BCUT2D eigenvalue weighted by Crippen LogP contribution is 2.27. The van der Waals surface area contributed by atoms with E-state index in [4.69, 9.17) is 29.6 Å². The summed E-state index contributed by atoms with van der Waals surface area (Å²) in [6.07, 6.45) is 0. The fourth-order valence-electron chi connectivity index (χ4n) is 1.78. The van der Waals surface area contributed by atoms with E-state index in [1.807, 2.05) is 0 Å². The number of sulfonamides is 1. The summed E-state index contributed by atoms with van der Waals surface area (Å²) >= 11 is 12.6. The van der Waals surface area contributed by atoms with Gasteiger partial charge in [0.25, 0.3) is 0 Å². The van der Waals surface area contributed by atoms with Crippen LogP contribution >= 0.6 is 35.6 Å². The van der Waals surface area contributed by atoms with Crippen molar-refractivity contribution in [1.82, 2.24) is 4.31 Å². The average molecular weight is 337 g/mol. The van der Waals surface area contributed by atoms with Gasteiger partial charge in [-0.2, -0.15) is 16.1 Å². The van der Waals surface area contributed by atoms with Gasteiger partial charge >= 0.3 is 0 Å². The highest BCUT2D eigenvalue weighted by molar-refractivity contribution is 7.99. The van der Waals surface area contributed by atoms with Crippen molar-refractivity contribution in [1.29, 1.82) is 0 Å². The molecule has 104 valence electrons. The molecule has 1 aliphatic rings. The Labute approximate surface area is 127 Å². The predicted octanol–water partition coefficient (Wildman–Crippen LogP) is 1.71. The van der Waals surface area contributed by atoms with E-state index in [9.17, 15) is 8.42 Å². The van der Waals surface area contributed by atoms with E-state index >= 15 is 0 Å². The van der Waals surface area contributed by atoms with Crippen LogP contribution in [-0.4, -0.2) is 42.3 Å². The topological polar surface area (TPSA) is 63.4 Å². The molecule has 0 atom stereocenters. The molecule has 4 nitrogen and oxygen atoms in total. The van der Waals surface area contributed by atoms with Crippen LogP contribution in [0.2, 0.25) is 5.02 Å². The fourth-order valence-corrected chi connectivity index (χ4v) is 4.98. The van der Waals surface area contributed by atoms with Gasteiger partial charge in [-0.1, -0.05) is 29.9 Å². The SMILES string of the molecule is NC(=S)c1ccc(Cl)c(S(=O)(=O)N2CCSCC2)c1. The third kappa shape index (κ3) is 3.22. The van der Waals surface area contributed by atoms with E-state index in [-0.39, 0.29) is 14.9 Å². The molecule has 2 N–H and O–H groups in total. The van der Waals surface area contributed by atoms with E-state index in [0.29, 0.717) is 18.7 Å². The first-order chi connectivity index (χ1) is 8.93. The van der Waals surface area contributed by atoms with Gasteiger partial charge in [0.15, 0.2) is 0 Å². The lowest BCUT2D eigenvalue weighted by Gasteiger charge is -2.26. The van der Waals surface area contributed by atoms with Crippen LogP contribution in [0.25, 0.3) is 0 Å². The zero-order valence-electron chi connectivity index (χ0n) is 10.0. The van der Waals surface area contributed by atoms with Gasteiger partial charge in [-0.3, -0.25) is 0 Å². The lowest BCUT2D eigenvalue weighted by atomic mass is 10.2. The molecule has 2 rings (SSSR count). The van der Waals surface area contributed by atoms with Crippen molar-refractivity contribution >= 4 is 50.6 Å². The van der Waals surface area contributed by atoms with E-state index in [2.05, 4.69) is 0 Å². The monoisotopic (exact) mass is 336 g/mol. The second kappa shape index (κ2) is 5.97. The van der Waals surface area contributed by atoms with Crippen LogP contribution in [0.5, 0.6) is 0 Å².